The predicted octanol–water partition coefficient (Wildman–Crippen LogP) is 3.33. The minimum atomic E-state index is -4.18. The van der Waals surface area contributed by atoms with E-state index in [2.05, 4.69) is 25.6 Å². The van der Waals surface area contributed by atoms with E-state index >= 15 is 0 Å². The molecule has 0 amide bonds. The van der Waals surface area contributed by atoms with Crippen molar-refractivity contribution >= 4 is 48.9 Å². The number of nitrogen functional groups attached to an aromatic ring is 1. The molecule has 0 spiro atoms. The van der Waals surface area contributed by atoms with Gasteiger partial charge in [0, 0.05) is 6.20 Å². The van der Waals surface area contributed by atoms with Crippen LogP contribution in [0.5, 0.6) is 0 Å². The van der Waals surface area contributed by atoms with Gasteiger partial charge in [0.1, 0.15) is 4.90 Å². The van der Waals surface area contributed by atoms with E-state index in [4.69, 9.17) is 17.3 Å². The zero-order chi connectivity index (χ0) is 15.8. The van der Waals surface area contributed by atoms with Gasteiger partial charge in [0.15, 0.2) is 5.82 Å². The number of sulfonamides is 1. The maximum Gasteiger partial charge on any atom is 0.265 e. The summed E-state index contributed by atoms with van der Waals surface area (Å²) in [5.41, 5.74) is 5.82. The molecule has 1 heterocycles. The first kappa shape index (κ1) is 16.0. The number of aromatic nitrogens is 1. The van der Waals surface area contributed by atoms with Crippen LogP contribution in [-0.2, 0) is 10.0 Å². The third-order valence-corrected chi connectivity index (χ3v) is 5.44. The molecule has 5 nitrogen and oxygen atoms in total. The minimum Gasteiger partial charge on any atom is -0.395 e. The summed E-state index contributed by atoms with van der Waals surface area (Å²) in [4.78, 5) is 3.32. The largest absolute Gasteiger partial charge is 0.395 e. The molecule has 0 saturated heterocycles. The standard InChI is InChI=1S/C12H10BrClFN3O2S/c1-6-8(3-2-4-17-6)18-21(19,20)9-5-7(14)10(13)12(16)11(9)15/h2-5,18H,16H2,1H3. The Morgan fingerprint density at radius 3 is 2.76 bits per heavy atom. The molecule has 2 aromatic rings. The van der Waals surface area contributed by atoms with Crippen molar-refractivity contribution in [3.8, 4) is 0 Å². The number of hydrogen-bond acceptors (Lipinski definition) is 4. The highest BCUT2D eigenvalue weighted by molar-refractivity contribution is 9.10. The minimum absolute atomic E-state index is 0.00261. The van der Waals surface area contributed by atoms with Crippen LogP contribution in [-0.4, -0.2) is 13.4 Å². The summed E-state index contributed by atoms with van der Waals surface area (Å²) < 4.78 is 41.0. The summed E-state index contributed by atoms with van der Waals surface area (Å²) in [6.07, 6.45) is 1.52. The van der Waals surface area contributed by atoms with Crippen LogP contribution in [0.1, 0.15) is 5.69 Å². The molecular weight excluding hydrogens is 385 g/mol. The number of aryl methyl sites for hydroxylation is 1. The molecule has 0 aliphatic rings. The monoisotopic (exact) mass is 393 g/mol. The van der Waals surface area contributed by atoms with Gasteiger partial charge in [0.25, 0.3) is 10.0 Å². The fraction of sp³-hybridized carbons (Fsp3) is 0.0833. The number of halogens is 3. The van der Waals surface area contributed by atoms with Crippen molar-refractivity contribution in [2.45, 2.75) is 11.8 Å². The summed E-state index contributed by atoms with van der Waals surface area (Å²) in [5.74, 6) is -1.07. The third kappa shape index (κ3) is 3.12. The van der Waals surface area contributed by atoms with Gasteiger partial charge < -0.3 is 5.73 Å². The van der Waals surface area contributed by atoms with Gasteiger partial charge in [0.05, 0.1) is 26.6 Å². The molecule has 0 radical (unpaired) electrons. The van der Waals surface area contributed by atoms with Gasteiger partial charge in [-0.15, -0.1) is 0 Å². The first-order valence-corrected chi connectivity index (χ1v) is 8.27. The predicted molar refractivity (Wildman–Crippen MR) is 83.3 cm³/mol. The molecule has 2 rings (SSSR count). The zero-order valence-corrected chi connectivity index (χ0v) is 13.9. The molecule has 112 valence electrons. The quantitative estimate of drug-likeness (QED) is 0.618. The van der Waals surface area contributed by atoms with Gasteiger partial charge in [-0.2, -0.15) is 0 Å². The molecule has 0 unspecified atom stereocenters. The Labute approximate surface area is 134 Å². The van der Waals surface area contributed by atoms with Crippen molar-refractivity contribution in [3.05, 3.63) is 45.4 Å². The van der Waals surface area contributed by atoms with Crippen LogP contribution >= 0.6 is 27.5 Å². The van der Waals surface area contributed by atoms with E-state index in [1.807, 2.05) is 0 Å². The van der Waals surface area contributed by atoms with Gasteiger partial charge in [-0.3, -0.25) is 9.71 Å². The van der Waals surface area contributed by atoms with Crippen LogP contribution in [0.2, 0.25) is 5.02 Å². The van der Waals surface area contributed by atoms with Gasteiger partial charge >= 0.3 is 0 Å². The second-order valence-electron chi connectivity index (χ2n) is 4.14. The molecule has 21 heavy (non-hydrogen) atoms. The van der Waals surface area contributed by atoms with Crippen molar-refractivity contribution in [1.82, 2.24) is 4.98 Å². The van der Waals surface area contributed by atoms with Crippen molar-refractivity contribution in [3.63, 3.8) is 0 Å². The number of hydrogen-bond donors (Lipinski definition) is 2. The van der Waals surface area contributed by atoms with Gasteiger partial charge in [-0.05, 0) is 41.1 Å². The molecule has 3 N–H and O–H groups in total. The maximum atomic E-state index is 14.1. The van der Waals surface area contributed by atoms with Crippen LogP contribution in [0.3, 0.4) is 0 Å². The highest BCUT2D eigenvalue weighted by Crippen LogP contribution is 2.35. The smallest absolute Gasteiger partial charge is 0.265 e. The lowest BCUT2D eigenvalue weighted by Crippen LogP contribution is -2.16. The van der Waals surface area contributed by atoms with Gasteiger partial charge in [-0.25, -0.2) is 12.8 Å². The van der Waals surface area contributed by atoms with Crippen LogP contribution in [0.15, 0.2) is 33.8 Å². The van der Waals surface area contributed by atoms with Crippen molar-refractivity contribution < 1.29 is 12.8 Å². The fourth-order valence-corrected chi connectivity index (χ4v) is 3.39. The molecular formula is C12H10BrClFN3O2S. The number of benzene rings is 1. The third-order valence-electron chi connectivity index (χ3n) is 2.70. The van der Waals surface area contributed by atoms with Crippen LogP contribution in [0.25, 0.3) is 0 Å². The van der Waals surface area contributed by atoms with E-state index in [0.29, 0.717) is 5.69 Å². The molecule has 9 heteroatoms. The molecule has 1 aromatic carbocycles. The summed E-state index contributed by atoms with van der Waals surface area (Å²) in [6, 6.07) is 4.07. The SMILES string of the molecule is Cc1ncccc1NS(=O)(=O)c1cc(Cl)c(Br)c(N)c1F. The molecule has 0 fully saturated rings. The number of anilines is 2. The highest BCUT2D eigenvalue weighted by Gasteiger charge is 2.24. The van der Waals surface area contributed by atoms with Crippen LogP contribution in [0.4, 0.5) is 15.8 Å². The Hall–Kier alpha value is -1.38. The summed E-state index contributed by atoms with van der Waals surface area (Å²) in [7, 11) is -4.18. The number of pyridine rings is 1. The number of rotatable bonds is 3. The molecule has 0 saturated carbocycles. The Bertz CT molecular complexity index is 814. The Morgan fingerprint density at radius 1 is 1.48 bits per heavy atom. The molecule has 0 bridgehead atoms. The molecule has 0 aliphatic heterocycles. The van der Waals surface area contributed by atoms with E-state index in [0.717, 1.165) is 6.07 Å². The Morgan fingerprint density at radius 2 is 2.14 bits per heavy atom. The van der Waals surface area contributed by atoms with Gasteiger partial charge in [-0.1, -0.05) is 11.6 Å². The van der Waals surface area contributed by atoms with E-state index in [-0.39, 0.29) is 20.9 Å². The lowest BCUT2D eigenvalue weighted by Gasteiger charge is -2.12. The van der Waals surface area contributed by atoms with Crippen molar-refractivity contribution in [1.29, 1.82) is 0 Å². The normalized spacial score (nSPS) is 11.4. The second kappa shape index (κ2) is 5.78. The summed E-state index contributed by atoms with van der Waals surface area (Å²) >= 11 is 8.82. The van der Waals surface area contributed by atoms with Crippen LogP contribution in [0, 0.1) is 12.7 Å². The van der Waals surface area contributed by atoms with Gasteiger partial charge in [0.2, 0.25) is 0 Å². The lowest BCUT2D eigenvalue weighted by atomic mass is 10.3. The maximum absolute atomic E-state index is 14.1. The summed E-state index contributed by atoms with van der Waals surface area (Å²) in [5, 5.41) is -0.00261. The molecule has 0 atom stereocenters. The first-order chi connectivity index (χ1) is 9.74. The van der Waals surface area contributed by atoms with E-state index in [1.54, 1.807) is 13.0 Å². The Balaban J connectivity index is 2.53. The van der Waals surface area contributed by atoms with Crippen molar-refractivity contribution in [2.24, 2.45) is 0 Å². The van der Waals surface area contributed by atoms with E-state index in [1.165, 1.54) is 12.3 Å². The number of nitrogens with zero attached hydrogens (tertiary/aromatic N) is 1. The number of nitrogens with one attached hydrogen (secondary N) is 1. The zero-order valence-electron chi connectivity index (χ0n) is 10.7. The first-order valence-electron chi connectivity index (χ1n) is 5.61. The van der Waals surface area contributed by atoms with Crippen LogP contribution < -0.4 is 10.5 Å². The van der Waals surface area contributed by atoms with Crippen molar-refractivity contribution in [2.75, 3.05) is 10.5 Å². The molecule has 0 aliphatic carbocycles. The molecule has 1 aromatic heterocycles. The number of nitrogens with two attached hydrogens (primary N) is 1. The topological polar surface area (TPSA) is 85.1 Å². The van der Waals surface area contributed by atoms with E-state index in [9.17, 15) is 12.8 Å². The highest BCUT2D eigenvalue weighted by atomic mass is 79.9. The Kier molecular flexibility index (Phi) is 4.40. The second-order valence-corrected chi connectivity index (χ2v) is 6.99. The summed E-state index contributed by atoms with van der Waals surface area (Å²) in [6.45, 7) is 1.62. The fourth-order valence-electron chi connectivity index (χ4n) is 1.59. The lowest BCUT2D eigenvalue weighted by molar-refractivity contribution is 0.572. The average Bonchev–Trinajstić information content (AvgIpc) is 2.42. The van der Waals surface area contributed by atoms with E-state index < -0.39 is 20.7 Å². The average molecular weight is 395 g/mol.